The van der Waals surface area contributed by atoms with E-state index in [0.29, 0.717) is 26.4 Å². The Morgan fingerprint density at radius 1 is 1.38 bits per heavy atom. The van der Waals surface area contributed by atoms with Crippen LogP contribution < -0.4 is 15.4 Å². The van der Waals surface area contributed by atoms with Gasteiger partial charge in [0.1, 0.15) is 29.4 Å². The highest BCUT2D eigenvalue weighted by molar-refractivity contribution is 5.95. The summed E-state index contributed by atoms with van der Waals surface area (Å²) in [5.41, 5.74) is 7.98. The van der Waals surface area contributed by atoms with E-state index in [2.05, 4.69) is 27.0 Å². The van der Waals surface area contributed by atoms with Crippen LogP contribution in [0.25, 0.3) is 22.3 Å². The monoisotopic (exact) mass is 354 g/mol. The molecule has 0 aromatic carbocycles. The van der Waals surface area contributed by atoms with Crippen LogP contribution in [0.5, 0.6) is 5.75 Å². The second-order valence-electron chi connectivity index (χ2n) is 6.26. The molecular formula is C18H22N6O2. The molecule has 0 radical (unpaired) electrons. The van der Waals surface area contributed by atoms with Crippen molar-refractivity contribution in [1.82, 2.24) is 20.2 Å². The number of pyridine rings is 2. The Labute approximate surface area is 151 Å². The molecule has 0 bridgehead atoms. The molecule has 1 saturated heterocycles. The molecule has 4 rings (SSSR count). The molecule has 26 heavy (non-hydrogen) atoms. The first-order chi connectivity index (χ1) is 12.8. The van der Waals surface area contributed by atoms with Crippen LogP contribution in [-0.2, 0) is 4.74 Å². The lowest BCUT2D eigenvalue weighted by Gasteiger charge is -2.34. The topological polar surface area (TPSA) is 102 Å². The molecule has 1 aliphatic heterocycles. The van der Waals surface area contributed by atoms with Gasteiger partial charge in [-0.15, -0.1) is 0 Å². The van der Waals surface area contributed by atoms with Crippen LogP contribution in [0.15, 0.2) is 30.6 Å². The van der Waals surface area contributed by atoms with Gasteiger partial charge in [0.2, 0.25) is 0 Å². The molecule has 4 heterocycles. The Morgan fingerprint density at radius 2 is 2.31 bits per heavy atom. The van der Waals surface area contributed by atoms with Crippen molar-refractivity contribution >= 4 is 16.7 Å². The van der Waals surface area contributed by atoms with Crippen molar-refractivity contribution in [2.24, 2.45) is 5.73 Å². The van der Waals surface area contributed by atoms with Crippen molar-refractivity contribution < 1.29 is 9.47 Å². The molecule has 0 saturated carbocycles. The first-order valence-corrected chi connectivity index (χ1v) is 8.74. The predicted octanol–water partition coefficient (Wildman–Crippen LogP) is 1.58. The molecule has 1 atom stereocenters. The van der Waals surface area contributed by atoms with E-state index in [1.165, 1.54) is 0 Å². The lowest BCUT2D eigenvalue weighted by atomic mass is 10.1. The minimum Gasteiger partial charge on any atom is -0.491 e. The number of aromatic nitrogens is 4. The molecule has 3 N–H and O–H groups in total. The molecular weight excluding hydrogens is 332 g/mol. The Bertz CT molecular complexity index is 883. The highest BCUT2D eigenvalue weighted by atomic mass is 16.5. The fraction of sp³-hybridized carbons (Fsp3) is 0.389. The number of nitrogens with one attached hydrogen (secondary N) is 1. The van der Waals surface area contributed by atoms with Gasteiger partial charge in [-0.25, -0.2) is 4.98 Å². The van der Waals surface area contributed by atoms with Gasteiger partial charge in [0.05, 0.1) is 24.9 Å². The Kier molecular flexibility index (Phi) is 4.68. The van der Waals surface area contributed by atoms with Crippen LogP contribution in [0.2, 0.25) is 0 Å². The number of H-pyrrole nitrogens is 1. The smallest absolute Gasteiger partial charge is 0.133 e. The average molecular weight is 354 g/mol. The van der Waals surface area contributed by atoms with Gasteiger partial charge < -0.3 is 20.1 Å². The molecule has 0 aliphatic carbocycles. The third-order valence-corrected chi connectivity index (χ3v) is 4.47. The molecule has 3 aromatic rings. The molecule has 8 nitrogen and oxygen atoms in total. The van der Waals surface area contributed by atoms with E-state index in [1.54, 1.807) is 12.4 Å². The van der Waals surface area contributed by atoms with Crippen molar-refractivity contribution in [3.63, 3.8) is 0 Å². The van der Waals surface area contributed by atoms with E-state index in [0.717, 1.165) is 40.4 Å². The maximum Gasteiger partial charge on any atom is 0.133 e. The van der Waals surface area contributed by atoms with Gasteiger partial charge >= 0.3 is 0 Å². The number of aromatic amines is 1. The van der Waals surface area contributed by atoms with E-state index in [9.17, 15) is 0 Å². The van der Waals surface area contributed by atoms with Crippen molar-refractivity contribution in [3.8, 4) is 17.1 Å². The van der Waals surface area contributed by atoms with E-state index in [-0.39, 0.29) is 6.04 Å². The van der Waals surface area contributed by atoms with Gasteiger partial charge in [-0.05, 0) is 19.1 Å². The Hall–Kier alpha value is -2.71. The third-order valence-electron chi connectivity index (χ3n) is 4.47. The van der Waals surface area contributed by atoms with E-state index >= 15 is 0 Å². The zero-order chi connectivity index (χ0) is 17.9. The number of fused-ring (bicyclic) bond motifs is 1. The quantitative estimate of drug-likeness (QED) is 0.717. The molecule has 0 amide bonds. The number of morpholine rings is 1. The van der Waals surface area contributed by atoms with Gasteiger partial charge in [-0.3, -0.25) is 10.1 Å². The number of nitrogens with two attached hydrogens (primary N) is 1. The first kappa shape index (κ1) is 16.7. The van der Waals surface area contributed by atoms with Gasteiger partial charge in [0.15, 0.2) is 0 Å². The second-order valence-corrected chi connectivity index (χ2v) is 6.26. The number of nitrogens with zero attached hydrogens (tertiary/aromatic N) is 4. The molecule has 136 valence electrons. The maximum atomic E-state index is 5.93. The molecule has 1 unspecified atom stereocenters. The summed E-state index contributed by atoms with van der Waals surface area (Å²) in [5, 5.41) is 7.91. The molecule has 1 fully saturated rings. The first-order valence-electron chi connectivity index (χ1n) is 8.74. The van der Waals surface area contributed by atoms with Crippen LogP contribution in [0.3, 0.4) is 0 Å². The van der Waals surface area contributed by atoms with Gasteiger partial charge in [0, 0.05) is 36.9 Å². The normalized spacial score (nSPS) is 17.6. The summed E-state index contributed by atoms with van der Waals surface area (Å²) in [7, 11) is 0. The Balaban J connectivity index is 1.88. The minimum absolute atomic E-state index is 0.239. The van der Waals surface area contributed by atoms with Crippen LogP contribution in [0.4, 0.5) is 5.82 Å². The van der Waals surface area contributed by atoms with Gasteiger partial charge in [-0.1, -0.05) is 0 Å². The highest BCUT2D eigenvalue weighted by Crippen LogP contribution is 2.34. The standard InChI is InChI=1S/C18H22N6O2/c1-12-11-25-9-7-24(12)16-10-15(26-8-4-19)13-2-5-20-18(17(13)22-16)14-3-6-21-23-14/h2-3,5-6,10,12H,4,7-9,11,19H2,1H3,(H,21,23). The summed E-state index contributed by atoms with van der Waals surface area (Å²) in [6.45, 7) is 5.17. The Morgan fingerprint density at radius 3 is 3.08 bits per heavy atom. The molecule has 0 spiro atoms. The number of anilines is 1. The largest absolute Gasteiger partial charge is 0.491 e. The lowest BCUT2D eigenvalue weighted by molar-refractivity contribution is 0.0985. The number of ether oxygens (including phenoxy) is 2. The zero-order valence-corrected chi connectivity index (χ0v) is 14.7. The van der Waals surface area contributed by atoms with Crippen molar-refractivity contribution in [2.45, 2.75) is 13.0 Å². The number of hydrogen-bond acceptors (Lipinski definition) is 7. The predicted molar refractivity (Wildman–Crippen MR) is 99.3 cm³/mol. The lowest BCUT2D eigenvalue weighted by Crippen LogP contribution is -2.44. The SMILES string of the molecule is CC1COCCN1c1cc(OCCN)c2ccnc(-c3ccn[nH]3)c2n1. The molecule has 8 heteroatoms. The van der Waals surface area contributed by atoms with Crippen molar-refractivity contribution in [1.29, 1.82) is 0 Å². The molecule has 1 aliphatic rings. The van der Waals surface area contributed by atoms with Crippen LogP contribution in [-0.4, -0.2) is 59.1 Å². The van der Waals surface area contributed by atoms with Gasteiger partial charge in [0.25, 0.3) is 0 Å². The van der Waals surface area contributed by atoms with Crippen molar-refractivity contribution in [3.05, 3.63) is 30.6 Å². The van der Waals surface area contributed by atoms with Crippen LogP contribution in [0.1, 0.15) is 6.92 Å². The summed E-state index contributed by atoms with van der Waals surface area (Å²) >= 11 is 0. The minimum atomic E-state index is 0.239. The number of rotatable bonds is 5. The summed E-state index contributed by atoms with van der Waals surface area (Å²) < 4.78 is 11.5. The van der Waals surface area contributed by atoms with Gasteiger partial charge in [-0.2, -0.15) is 5.10 Å². The summed E-state index contributed by atoms with van der Waals surface area (Å²) in [4.78, 5) is 11.7. The van der Waals surface area contributed by atoms with E-state index < -0.39 is 0 Å². The third kappa shape index (κ3) is 3.09. The summed E-state index contributed by atoms with van der Waals surface area (Å²) in [6, 6.07) is 6.02. The fourth-order valence-electron chi connectivity index (χ4n) is 3.20. The fourth-order valence-corrected chi connectivity index (χ4v) is 3.20. The molecule has 3 aromatic heterocycles. The maximum absolute atomic E-state index is 5.93. The summed E-state index contributed by atoms with van der Waals surface area (Å²) in [6.07, 6.45) is 3.46. The second kappa shape index (κ2) is 7.27. The van der Waals surface area contributed by atoms with E-state index in [1.807, 2.05) is 18.2 Å². The van der Waals surface area contributed by atoms with Crippen LogP contribution in [0, 0.1) is 0 Å². The highest BCUT2D eigenvalue weighted by Gasteiger charge is 2.23. The zero-order valence-electron chi connectivity index (χ0n) is 14.7. The van der Waals surface area contributed by atoms with Crippen molar-refractivity contribution in [2.75, 3.05) is 37.8 Å². The summed E-state index contributed by atoms with van der Waals surface area (Å²) in [5.74, 6) is 1.62. The average Bonchev–Trinajstić information content (AvgIpc) is 3.20. The number of hydrogen-bond donors (Lipinski definition) is 2. The van der Waals surface area contributed by atoms with E-state index in [4.69, 9.17) is 20.2 Å². The van der Waals surface area contributed by atoms with Crippen LogP contribution >= 0.6 is 0 Å².